The van der Waals surface area contributed by atoms with Crippen LogP contribution in [-0.2, 0) is 14.6 Å². The van der Waals surface area contributed by atoms with Gasteiger partial charge in [-0.3, -0.25) is 0 Å². The number of sulfone groups is 1. The lowest BCUT2D eigenvalue weighted by Gasteiger charge is -2.33. The molecule has 0 aromatic carbocycles. The Kier molecular flexibility index (Phi) is 4.82. The Morgan fingerprint density at radius 2 is 2.04 bits per heavy atom. The summed E-state index contributed by atoms with van der Waals surface area (Å²) in [5.41, 5.74) is 6.52. The van der Waals surface area contributed by atoms with E-state index in [9.17, 15) is 8.42 Å². The lowest BCUT2D eigenvalue weighted by atomic mass is 10.2. The van der Waals surface area contributed by atoms with Gasteiger partial charge in [0.1, 0.15) is 5.82 Å². The average molecular weight is 364 g/mol. The van der Waals surface area contributed by atoms with Crippen molar-refractivity contribution in [2.24, 2.45) is 0 Å². The van der Waals surface area contributed by atoms with Gasteiger partial charge in [-0.2, -0.15) is 0 Å². The molecule has 1 aliphatic heterocycles. The highest BCUT2D eigenvalue weighted by Gasteiger charge is 2.23. The molecule has 10 heteroatoms. The molecular formula is C15H20N6O3S. The molecule has 3 heterocycles. The molecule has 0 saturated carbocycles. The number of hydrogen-bond donors (Lipinski definition) is 1. The van der Waals surface area contributed by atoms with E-state index in [1.165, 1.54) is 12.4 Å². The predicted molar refractivity (Wildman–Crippen MR) is 92.8 cm³/mol. The number of anilines is 2. The van der Waals surface area contributed by atoms with Crippen molar-refractivity contribution >= 4 is 21.6 Å². The number of aromatic nitrogens is 4. The summed E-state index contributed by atoms with van der Waals surface area (Å²) in [6.07, 6.45) is 5.07. The van der Waals surface area contributed by atoms with Crippen molar-refractivity contribution in [3.63, 3.8) is 0 Å². The third kappa shape index (κ3) is 4.02. The molecular weight excluding hydrogens is 344 g/mol. The van der Waals surface area contributed by atoms with Crippen molar-refractivity contribution in [3.05, 3.63) is 18.5 Å². The van der Waals surface area contributed by atoms with Crippen LogP contribution in [0.4, 0.5) is 11.8 Å². The summed E-state index contributed by atoms with van der Waals surface area (Å²) in [4.78, 5) is 18.3. The van der Waals surface area contributed by atoms with Gasteiger partial charge in [0.05, 0.1) is 18.4 Å². The number of rotatable bonds is 4. The number of nitrogen functional groups attached to an aromatic ring is 1. The number of hydrogen-bond acceptors (Lipinski definition) is 9. The second kappa shape index (κ2) is 6.89. The molecule has 9 nitrogen and oxygen atoms in total. The molecule has 3 rings (SSSR count). The quantitative estimate of drug-likeness (QED) is 0.774. The van der Waals surface area contributed by atoms with Crippen LogP contribution in [0.1, 0.15) is 13.3 Å². The molecule has 0 spiro atoms. The third-order valence-electron chi connectivity index (χ3n) is 3.91. The summed E-state index contributed by atoms with van der Waals surface area (Å²) in [6, 6.07) is 1.74. The Bertz CT molecular complexity index is 856. The summed E-state index contributed by atoms with van der Waals surface area (Å²) in [5, 5.41) is -0.226. The van der Waals surface area contributed by atoms with E-state index < -0.39 is 9.84 Å². The second-order valence-electron chi connectivity index (χ2n) is 5.84. The molecule has 25 heavy (non-hydrogen) atoms. The average Bonchev–Trinajstić information content (AvgIpc) is 2.61. The SMILES string of the molecule is CC[C@H]1CN(c2cc(-c3cnc(N)nc3)nc(S(C)(=O)=O)n2)CCO1. The molecule has 0 unspecified atom stereocenters. The van der Waals surface area contributed by atoms with Gasteiger partial charge < -0.3 is 15.4 Å². The summed E-state index contributed by atoms with van der Waals surface area (Å²) < 4.78 is 29.7. The van der Waals surface area contributed by atoms with Crippen molar-refractivity contribution in [2.75, 3.05) is 36.6 Å². The van der Waals surface area contributed by atoms with Gasteiger partial charge in [-0.25, -0.2) is 28.4 Å². The van der Waals surface area contributed by atoms with E-state index in [1.807, 2.05) is 11.8 Å². The van der Waals surface area contributed by atoms with Crippen LogP contribution in [0.2, 0.25) is 0 Å². The zero-order valence-corrected chi connectivity index (χ0v) is 14.9. The standard InChI is InChI=1S/C15H20N6O3S/c1-3-11-9-21(4-5-24-11)13-6-12(10-7-17-14(16)18-8-10)19-15(20-13)25(2,22)23/h6-8,11H,3-5,9H2,1-2H3,(H2,16,17,18)/t11-/m0/s1. The minimum absolute atomic E-state index is 0.0914. The van der Waals surface area contributed by atoms with Gasteiger partial charge >= 0.3 is 0 Å². The molecule has 1 saturated heterocycles. The van der Waals surface area contributed by atoms with Gasteiger partial charge in [-0.15, -0.1) is 0 Å². The Balaban J connectivity index is 2.05. The first-order valence-electron chi connectivity index (χ1n) is 7.90. The van der Waals surface area contributed by atoms with Crippen LogP contribution in [0.25, 0.3) is 11.3 Å². The minimum atomic E-state index is -3.57. The molecule has 0 bridgehead atoms. The van der Waals surface area contributed by atoms with Crippen LogP contribution in [0.5, 0.6) is 0 Å². The van der Waals surface area contributed by atoms with E-state index in [1.54, 1.807) is 6.07 Å². The van der Waals surface area contributed by atoms with E-state index >= 15 is 0 Å². The Morgan fingerprint density at radius 3 is 2.68 bits per heavy atom. The number of morpholine rings is 1. The van der Waals surface area contributed by atoms with E-state index in [2.05, 4.69) is 19.9 Å². The molecule has 2 aromatic rings. The minimum Gasteiger partial charge on any atom is -0.375 e. The zero-order valence-electron chi connectivity index (χ0n) is 14.1. The second-order valence-corrected chi connectivity index (χ2v) is 7.75. The lowest BCUT2D eigenvalue weighted by Crippen LogP contribution is -2.42. The molecule has 0 aliphatic carbocycles. The smallest absolute Gasteiger partial charge is 0.249 e. The Labute approximate surface area is 146 Å². The van der Waals surface area contributed by atoms with E-state index in [0.29, 0.717) is 36.8 Å². The molecule has 2 N–H and O–H groups in total. The van der Waals surface area contributed by atoms with E-state index in [4.69, 9.17) is 10.5 Å². The molecule has 1 fully saturated rings. The molecule has 1 atom stereocenters. The summed E-state index contributed by atoms with van der Waals surface area (Å²) in [6.45, 7) is 3.90. The highest BCUT2D eigenvalue weighted by atomic mass is 32.2. The Hall–Kier alpha value is -2.33. The Morgan fingerprint density at radius 1 is 1.32 bits per heavy atom. The van der Waals surface area contributed by atoms with Gasteiger partial charge in [0.25, 0.3) is 0 Å². The first kappa shape index (κ1) is 17.5. The van der Waals surface area contributed by atoms with Crippen LogP contribution < -0.4 is 10.6 Å². The predicted octanol–water partition coefficient (Wildman–Crippen LogP) is 0.534. The van der Waals surface area contributed by atoms with Crippen molar-refractivity contribution in [3.8, 4) is 11.3 Å². The fourth-order valence-electron chi connectivity index (χ4n) is 2.53. The van der Waals surface area contributed by atoms with Crippen LogP contribution in [0.15, 0.2) is 23.6 Å². The highest BCUT2D eigenvalue weighted by molar-refractivity contribution is 7.90. The van der Waals surface area contributed by atoms with Crippen LogP contribution in [-0.4, -0.2) is 60.4 Å². The molecule has 134 valence electrons. The van der Waals surface area contributed by atoms with Gasteiger partial charge in [-0.05, 0) is 6.42 Å². The van der Waals surface area contributed by atoms with Gasteiger partial charge in [-0.1, -0.05) is 6.92 Å². The van der Waals surface area contributed by atoms with Crippen molar-refractivity contribution < 1.29 is 13.2 Å². The highest BCUT2D eigenvalue weighted by Crippen LogP contribution is 2.24. The summed E-state index contributed by atoms with van der Waals surface area (Å²) in [5.74, 6) is 0.685. The first-order valence-corrected chi connectivity index (χ1v) is 9.79. The van der Waals surface area contributed by atoms with Crippen molar-refractivity contribution in [1.82, 2.24) is 19.9 Å². The van der Waals surface area contributed by atoms with Gasteiger partial charge in [0, 0.05) is 43.4 Å². The maximum Gasteiger partial charge on any atom is 0.249 e. The molecule has 0 amide bonds. The monoisotopic (exact) mass is 364 g/mol. The fourth-order valence-corrected chi connectivity index (χ4v) is 3.06. The van der Waals surface area contributed by atoms with Crippen LogP contribution >= 0.6 is 0 Å². The topological polar surface area (TPSA) is 124 Å². The number of nitrogens with zero attached hydrogens (tertiary/aromatic N) is 5. The number of nitrogens with two attached hydrogens (primary N) is 1. The molecule has 2 aromatic heterocycles. The van der Waals surface area contributed by atoms with Crippen molar-refractivity contribution in [1.29, 1.82) is 0 Å². The largest absolute Gasteiger partial charge is 0.375 e. The summed E-state index contributed by atoms with van der Waals surface area (Å²) in [7, 11) is -3.57. The first-order chi connectivity index (χ1) is 11.9. The van der Waals surface area contributed by atoms with Gasteiger partial charge in [0.2, 0.25) is 20.9 Å². The summed E-state index contributed by atoms with van der Waals surface area (Å²) >= 11 is 0. The van der Waals surface area contributed by atoms with E-state index in [-0.39, 0.29) is 17.2 Å². The maximum absolute atomic E-state index is 12.0. The zero-order chi connectivity index (χ0) is 18.0. The maximum atomic E-state index is 12.0. The van der Waals surface area contributed by atoms with Crippen LogP contribution in [0.3, 0.4) is 0 Å². The van der Waals surface area contributed by atoms with Gasteiger partial charge in [0.15, 0.2) is 0 Å². The van der Waals surface area contributed by atoms with E-state index in [0.717, 1.165) is 12.7 Å². The molecule has 0 radical (unpaired) electrons. The molecule has 1 aliphatic rings. The van der Waals surface area contributed by atoms with Crippen molar-refractivity contribution in [2.45, 2.75) is 24.6 Å². The number of ether oxygens (including phenoxy) is 1. The normalized spacial score (nSPS) is 18.3. The fraction of sp³-hybridized carbons (Fsp3) is 0.467. The van der Waals surface area contributed by atoms with Crippen LogP contribution in [0, 0.1) is 0 Å². The third-order valence-corrected chi connectivity index (χ3v) is 4.76. The lowest BCUT2D eigenvalue weighted by molar-refractivity contribution is 0.0381.